The second-order valence-electron chi connectivity index (χ2n) is 4.51. The van der Waals surface area contributed by atoms with E-state index >= 15 is 0 Å². The molecule has 98 valence electrons. The number of hydrogen-bond donors (Lipinski definition) is 3. The summed E-state index contributed by atoms with van der Waals surface area (Å²) in [5.41, 5.74) is 0. The molecule has 0 saturated carbocycles. The topological polar surface area (TPSA) is 70.2 Å². The molecule has 5 heteroatoms. The van der Waals surface area contributed by atoms with Crippen molar-refractivity contribution in [2.24, 2.45) is 5.92 Å². The third-order valence-corrected chi connectivity index (χ3v) is 3.19. The third-order valence-electron chi connectivity index (χ3n) is 3.19. The van der Waals surface area contributed by atoms with Gasteiger partial charge in [0.1, 0.15) is 0 Å². The number of carbonyl (C=O) groups is 2. The zero-order valence-electron chi connectivity index (χ0n) is 10.6. The Morgan fingerprint density at radius 3 is 2.53 bits per heavy atom. The first kappa shape index (κ1) is 14.0. The highest BCUT2D eigenvalue weighted by Crippen LogP contribution is 2.17. The van der Waals surface area contributed by atoms with Gasteiger partial charge in [0.2, 0.25) is 11.8 Å². The molecule has 1 aliphatic heterocycles. The van der Waals surface area contributed by atoms with Crippen molar-refractivity contribution in [1.29, 1.82) is 0 Å². The molecular weight excluding hydrogens is 218 g/mol. The Balaban J connectivity index is 2.02. The van der Waals surface area contributed by atoms with Crippen LogP contribution in [0, 0.1) is 5.92 Å². The predicted octanol–water partition coefficient (Wildman–Crippen LogP) is 0.0185. The molecule has 1 heterocycles. The van der Waals surface area contributed by atoms with Crippen molar-refractivity contribution >= 4 is 11.8 Å². The second kappa shape index (κ2) is 8.06. The maximum absolute atomic E-state index is 11.5. The van der Waals surface area contributed by atoms with Crippen LogP contribution in [0.3, 0.4) is 0 Å². The minimum absolute atomic E-state index is 0.0383. The highest BCUT2D eigenvalue weighted by Gasteiger charge is 2.14. The summed E-state index contributed by atoms with van der Waals surface area (Å²) in [6.07, 6.45) is 4.25. The van der Waals surface area contributed by atoms with Gasteiger partial charge in [0.25, 0.3) is 0 Å². The van der Waals surface area contributed by atoms with Crippen molar-refractivity contribution in [1.82, 2.24) is 16.0 Å². The van der Waals surface area contributed by atoms with Crippen LogP contribution in [-0.2, 0) is 9.59 Å². The average Bonchev–Trinajstić information content (AvgIpc) is 2.37. The third kappa shape index (κ3) is 6.26. The number of nitrogens with one attached hydrogen (secondary N) is 3. The maximum atomic E-state index is 11.5. The summed E-state index contributed by atoms with van der Waals surface area (Å²) < 4.78 is 0. The SMILES string of the molecule is CNC(=O)CCNC(=O)CCC1CCNCC1. The summed E-state index contributed by atoms with van der Waals surface area (Å²) in [6, 6.07) is 0. The van der Waals surface area contributed by atoms with Crippen molar-refractivity contribution < 1.29 is 9.59 Å². The fraction of sp³-hybridized carbons (Fsp3) is 0.833. The second-order valence-corrected chi connectivity index (χ2v) is 4.51. The first-order valence-corrected chi connectivity index (χ1v) is 6.40. The number of piperidine rings is 1. The van der Waals surface area contributed by atoms with Gasteiger partial charge >= 0.3 is 0 Å². The zero-order valence-corrected chi connectivity index (χ0v) is 10.6. The van der Waals surface area contributed by atoms with Gasteiger partial charge in [-0.2, -0.15) is 0 Å². The van der Waals surface area contributed by atoms with Gasteiger partial charge in [-0.1, -0.05) is 0 Å². The molecule has 5 nitrogen and oxygen atoms in total. The van der Waals surface area contributed by atoms with Crippen LogP contribution in [0.15, 0.2) is 0 Å². The normalized spacial score (nSPS) is 16.5. The van der Waals surface area contributed by atoms with Crippen molar-refractivity contribution in [2.45, 2.75) is 32.1 Å². The summed E-state index contributed by atoms with van der Waals surface area (Å²) in [5.74, 6) is 0.706. The molecule has 0 unspecified atom stereocenters. The molecule has 0 radical (unpaired) electrons. The molecule has 2 amide bonds. The molecule has 0 aliphatic carbocycles. The van der Waals surface area contributed by atoms with Gasteiger partial charge in [-0.05, 0) is 38.3 Å². The lowest BCUT2D eigenvalue weighted by Crippen LogP contribution is -2.31. The summed E-state index contributed by atoms with van der Waals surface area (Å²) in [6.45, 7) is 2.58. The van der Waals surface area contributed by atoms with Crippen LogP contribution in [0.2, 0.25) is 0 Å². The van der Waals surface area contributed by atoms with Gasteiger partial charge in [-0.25, -0.2) is 0 Å². The fourth-order valence-corrected chi connectivity index (χ4v) is 2.03. The smallest absolute Gasteiger partial charge is 0.221 e. The Labute approximate surface area is 103 Å². The molecule has 0 bridgehead atoms. The van der Waals surface area contributed by atoms with Gasteiger partial charge in [0, 0.05) is 26.4 Å². The first-order valence-electron chi connectivity index (χ1n) is 6.40. The quantitative estimate of drug-likeness (QED) is 0.614. The molecule has 0 atom stereocenters. The van der Waals surface area contributed by atoms with Crippen LogP contribution in [0.5, 0.6) is 0 Å². The van der Waals surface area contributed by atoms with Crippen LogP contribution in [0.4, 0.5) is 0 Å². The Morgan fingerprint density at radius 1 is 1.18 bits per heavy atom. The highest BCUT2D eigenvalue weighted by molar-refractivity contribution is 5.78. The summed E-state index contributed by atoms with van der Waals surface area (Å²) in [7, 11) is 1.60. The number of rotatable bonds is 6. The summed E-state index contributed by atoms with van der Waals surface area (Å²) >= 11 is 0. The minimum atomic E-state index is -0.0383. The van der Waals surface area contributed by atoms with E-state index in [1.165, 1.54) is 12.8 Å². The van der Waals surface area contributed by atoms with E-state index in [9.17, 15) is 9.59 Å². The van der Waals surface area contributed by atoms with Crippen molar-refractivity contribution in [3.05, 3.63) is 0 Å². The van der Waals surface area contributed by atoms with E-state index in [0.29, 0.717) is 25.3 Å². The van der Waals surface area contributed by atoms with Crippen molar-refractivity contribution in [3.63, 3.8) is 0 Å². The maximum Gasteiger partial charge on any atom is 0.221 e. The van der Waals surface area contributed by atoms with Gasteiger partial charge in [0.05, 0.1) is 0 Å². The van der Waals surface area contributed by atoms with Crippen LogP contribution in [-0.4, -0.2) is 38.5 Å². The molecule has 17 heavy (non-hydrogen) atoms. The monoisotopic (exact) mass is 241 g/mol. The Hall–Kier alpha value is -1.10. The van der Waals surface area contributed by atoms with Gasteiger partial charge < -0.3 is 16.0 Å². The average molecular weight is 241 g/mol. The van der Waals surface area contributed by atoms with Gasteiger partial charge in [-0.15, -0.1) is 0 Å². The Kier molecular flexibility index (Phi) is 6.62. The number of amides is 2. The molecule has 0 aromatic carbocycles. The lowest BCUT2D eigenvalue weighted by Gasteiger charge is -2.22. The van der Waals surface area contributed by atoms with E-state index in [4.69, 9.17) is 0 Å². The van der Waals surface area contributed by atoms with E-state index in [1.54, 1.807) is 7.05 Å². The minimum Gasteiger partial charge on any atom is -0.359 e. The standard InChI is InChI=1S/C12H23N3O2/c1-13-11(16)6-9-15-12(17)3-2-10-4-7-14-8-5-10/h10,14H,2-9H2,1H3,(H,13,16)(H,15,17). The Morgan fingerprint density at radius 2 is 1.88 bits per heavy atom. The largest absolute Gasteiger partial charge is 0.359 e. The number of carbonyl (C=O) groups excluding carboxylic acids is 2. The van der Waals surface area contributed by atoms with Crippen LogP contribution in [0.1, 0.15) is 32.1 Å². The first-order chi connectivity index (χ1) is 8.22. The summed E-state index contributed by atoms with van der Waals surface area (Å²) in [4.78, 5) is 22.4. The highest BCUT2D eigenvalue weighted by atomic mass is 16.2. The van der Waals surface area contributed by atoms with E-state index < -0.39 is 0 Å². The lowest BCUT2D eigenvalue weighted by atomic mass is 9.93. The molecule has 1 saturated heterocycles. The van der Waals surface area contributed by atoms with Crippen LogP contribution < -0.4 is 16.0 Å². The van der Waals surface area contributed by atoms with E-state index in [1.807, 2.05) is 0 Å². The fourth-order valence-electron chi connectivity index (χ4n) is 2.03. The van der Waals surface area contributed by atoms with Gasteiger partial charge in [0.15, 0.2) is 0 Å². The van der Waals surface area contributed by atoms with E-state index in [0.717, 1.165) is 19.5 Å². The molecule has 3 N–H and O–H groups in total. The Bertz CT molecular complexity index is 250. The molecule has 0 aromatic heterocycles. The lowest BCUT2D eigenvalue weighted by molar-refractivity contribution is -0.122. The van der Waals surface area contributed by atoms with Crippen molar-refractivity contribution in [2.75, 3.05) is 26.7 Å². The molecule has 1 fully saturated rings. The molecular formula is C12H23N3O2. The molecule has 1 aliphatic rings. The predicted molar refractivity (Wildman–Crippen MR) is 66.5 cm³/mol. The van der Waals surface area contributed by atoms with Gasteiger partial charge in [-0.3, -0.25) is 9.59 Å². The van der Waals surface area contributed by atoms with Crippen LogP contribution >= 0.6 is 0 Å². The molecule has 1 rings (SSSR count). The molecule has 0 aromatic rings. The van der Waals surface area contributed by atoms with Crippen LogP contribution in [0.25, 0.3) is 0 Å². The van der Waals surface area contributed by atoms with Crippen molar-refractivity contribution in [3.8, 4) is 0 Å². The summed E-state index contributed by atoms with van der Waals surface area (Å²) in [5, 5.41) is 8.61. The van der Waals surface area contributed by atoms with E-state index in [-0.39, 0.29) is 11.8 Å². The zero-order chi connectivity index (χ0) is 12.5. The molecule has 0 spiro atoms. The van der Waals surface area contributed by atoms with E-state index in [2.05, 4.69) is 16.0 Å². The number of hydrogen-bond acceptors (Lipinski definition) is 3.